The van der Waals surface area contributed by atoms with Crippen LogP contribution >= 0.6 is 0 Å². The molecule has 4 unspecified atom stereocenters. The Balaban J connectivity index is 0.910. The zero-order valence-corrected chi connectivity index (χ0v) is 24.5. The number of oxime groups is 1. The first kappa shape index (κ1) is 28.1. The second-order valence-electron chi connectivity index (χ2n) is 13.3. The molecule has 11 heteroatoms. The molecule has 2 aromatic heterocycles. The molecule has 11 nitrogen and oxygen atoms in total. The molecule has 2 amide bonds. The van der Waals surface area contributed by atoms with Gasteiger partial charge in [0.05, 0.1) is 12.1 Å². The lowest BCUT2D eigenvalue weighted by atomic mass is 9.82. The monoisotopic (exact) mass is 588 g/mol. The number of piperidine rings is 3. The van der Waals surface area contributed by atoms with E-state index in [4.69, 9.17) is 0 Å². The van der Waals surface area contributed by atoms with Crippen LogP contribution in [0.1, 0.15) is 55.3 Å². The molecule has 4 atom stereocenters. The normalized spacial score (nSPS) is 27.4. The van der Waals surface area contributed by atoms with E-state index < -0.39 is 0 Å². The Labute approximate surface area is 250 Å². The lowest BCUT2D eigenvalue weighted by Gasteiger charge is -2.44. The Bertz CT molecular complexity index is 1560. The van der Waals surface area contributed by atoms with Crippen LogP contribution in [0.5, 0.6) is 0 Å². The van der Waals surface area contributed by atoms with Crippen molar-refractivity contribution in [2.24, 2.45) is 22.9 Å². The molecule has 7 rings (SSSR count). The summed E-state index contributed by atoms with van der Waals surface area (Å²) in [5.74, 6) is 1.11. The van der Waals surface area contributed by atoms with Gasteiger partial charge in [-0.3, -0.25) is 24.1 Å². The van der Waals surface area contributed by atoms with Crippen molar-refractivity contribution in [3.8, 4) is 0 Å². The van der Waals surface area contributed by atoms with E-state index in [1.807, 2.05) is 38.3 Å². The molecular formula is C32H40N6O5. The lowest BCUT2D eigenvalue weighted by Crippen LogP contribution is -2.52. The van der Waals surface area contributed by atoms with Gasteiger partial charge in [0.25, 0.3) is 11.1 Å². The number of fused-ring (bicyclic) bond motifs is 8. The molecule has 1 N–H and O–H groups in total. The van der Waals surface area contributed by atoms with Crippen LogP contribution in [-0.4, -0.2) is 92.4 Å². The summed E-state index contributed by atoms with van der Waals surface area (Å²) in [6, 6.07) is 10.9. The summed E-state index contributed by atoms with van der Waals surface area (Å²) in [4.78, 5) is 57.5. The minimum atomic E-state index is -0.102. The highest BCUT2D eigenvalue weighted by Gasteiger charge is 2.39. The number of pyridine rings is 2. The van der Waals surface area contributed by atoms with Crippen molar-refractivity contribution in [3.63, 3.8) is 0 Å². The van der Waals surface area contributed by atoms with Crippen molar-refractivity contribution in [1.29, 1.82) is 0 Å². The maximum Gasteiger partial charge on any atom is 0.250 e. The van der Waals surface area contributed by atoms with Crippen molar-refractivity contribution in [1.82, 2.24) is 23.8 Å². The number of hydrogen-bond donors (Lipinski definition) is 1. The summed E-state index contributed by atoms with van der Waals surface area (Å²) < 4.78 is 3.78. The second-order valence-corrected chi connectivity index (χ2v) is 13.3. The summed E-state index contributed by atoms with van der Waals surface area (Å²) in [6.45, 7) is 5.74. The molecule has 0 spiro atoms. The number of amides is 2. The average Bonchev–Trinajstić information content (AvgIpc) is 3.01. The maximum atomic E-state index is 13.5. The first-order valence-corrected chi connectivity index (χ1v) is 15.7. The van der Waals surface area contributed by atoms with Crippen molar-refractivity contribution < 1.29 is 14.8 Å². The summed E-state index contributed by atoms with van der Waals surface area (Å²) in [5.41, 5.74) is 2.65. The first-order chi connectivity index (χ1) is 20.9. The average molecular weight is 589 g/mol. The highest BCUT2D eigenvalue weighted by molar-refractivity contribution is 6.01. The number of hydrogen-bond acceptors (Lipinski definition) is 7. The van der Waals surface area contributed by atoms with Crippen LogP contribution in [0.2, 0.25) is 0 Å². The number of carbonyl (C=O) groups excluding carboxylic acids is 2. The van der Waals surface area contributed by atoms with Crippen LogP contribution in [0.4, 0.5) is 0 Å². The van der Waals surface area contributed by atoms with Crippen LogP contribution in [0, 0.1) is 17.8 Å². The summed E-state index contributed by atoms with van der Waals surface area (Å²) in [5, 5.41) is 13.3. The largest absolute Gasteiger partial charge is 0.411 e. The predicted octanol–water partition coefficient (Wildman–Crippen LogP) is 1.53. The van der Waals surface area contributed by atoms with Gasteiger partial charge in [0.15, 0.2) is 0 Å². The smallest absolute Gasteiger partial charge is 0.250 e. The Hall–Kier alpha value is -3.73. The Morgan fingerprint density at radius 2 is 1.37 bits per heavy atom. The van der Waals surface area contributed by atoms with Gasteiger partial charge in [-0.2, -0.15) is 0 Å². The molecule has 0 saturated carbocycles. The third-order valence-electron chi connectivity index (χ3n) is 10.4. The molecule has 5 aliphatic rings. The molecule has 2 aromatic rings. The van der Waals surface area contributed by atoms with Gasteiger partial charge in [-0.25, -0.2) is 0 Å². The van der Waals surface area contributed by atoms with Gasteiger partial charge in [-0.1, -0.05) is 17.3 Å². The van der Waals surface area contributed by atoms with Gasteiger partial charge < -0.3 is 24.1 Å². The molecule has 0 radical (unpaired) electrons. The van der Waals surface area contributed by atoms with Crippen molar-refractivity contribution in [2.45, 2.75) is 57.0 Å². The Morgan fingerprint density at radius 1 is 0.767 bits per heavy atom. The number of likely N-dealkylation sites (tertiary alicyclic amines) is 3. The van der Waals surface area contributed by atoms with E-state index in [1.165, 1.54) is 0 Å². The fourth-order valence-corrected chi connectivity index (χ4v) is 8.50. The van der Waals surface area contributed by atoms with Gasteiger partial charge in [-0.15, -0.1) is 0 Å². The standard InChI is InChI=1S/C32H40N6O5/c39-29-5-1-3-27-24-11-21(16-37(27)29)14-34(18-24)20-26(33-43)13-31(41)35-9-7-23(8-10-35)32(42)36-15-22-12-25(19-36)28-4-2-6-30(40)38(28)17-22/h1-6,21-25,43H,7-20H2. The molecule has 3 saturated heterocycles. The minimum absolute atomic E-state index is 0.0423. The van der Waals surface area contributed by atoms with E-state index in [-0.39, 0.29) is 47.1 Å². The number of rotatable bonds is 5. The third kappa shape index (κ3) is 5.43. The van der Waals surface area contributed by atoms with Crippen LogP contribution in [0.3, 0.4) is 0 Å². The molecule has 0 aromatic carbocycles. The molecule has 43 heavy (non-hydrogen) atoms. The minimum Gasteiger partial charge on any atom is -0.411 e. The number of aromatic nitrogens is 2. The van der Waals surface area contributed by atoms with Crippen LogP contribution in [0.15, 0.2) is 51.1 Å². The Morgan fingerprint density at radius 3 is 2.00 bits per heavy atom. The Kier molecular flexibility index (Phi) is 7.44. The van der Waals surface area contributed by atoms with E-state index in [0.29, 0.717) is 76.2 Å². The van der Waals surface area contributed by atoms with Crippen LogP contribution in [-0.2, 0) is 22.7 Å². The maximum absolute atomic E-state index is 13.5. The molecule has 3 fully saturated rings. The zero-order chi connectivity index (χ0) is 29.7. The van der Waals surface area contributed by atoms with Crippen molar-refractivity contribution >= 4 is 17.5 Å². The van der Waals surface area contributed by atoms with Gasteiger partial charge in [0.2, 0.25) is 11.8 Å². The zero-order valence-electron chi connectivity index (χ0n) is 24.5. The highest BCUT2D eigenvalue weighted by Crippen LogP contribution is 2.37. The lowest BCUT2D eigenvalue weighted by molar-refractivity contribution is -0.142. The fourth-order valence-electron chi connectivity index (χ4n) is 8.50. The topological polar surface area (TPSA) is 120 Å². The van der Waals surface area contributed by atoms with Gasteiger partial charge >= 0.3 is 0 Å². The van der Waals surface area contributed by atoms with Gasteiger partial charge in [0, 0.05) is 100 Å². The molecule has 0 aliphatic carbocycles. The predicted molar refractivity (Wildman–Crippen MR) is 159 cm³/mol. The molecule has 7 heterocycles. The van der Waals surface area contributed by atoms with Crippen molar-refractivity contribution in [3.05, 3.63) is 68.5 Å². The molecule has 228 valence electrons. The van der Waals surface area contributed by atoms with Crippen molar-refractivity contribution in [2.75, 3.05) is 45.8 Å². The first-order valence-electron chi connectivity index (χ1n) is 15.7. The number of carbonyl (C=O) groups is 2. The summed E-state index contributed by atoms with van der Waals surface area (Å²) in [7, 11) is 0. The van der Waals surface area contributed by atoms with E-state index in [0.717, 1.165) is 37.3 Å². The fraction of sp³-hybridized carbons (Fsp3) is 0.594. The molecule has 5 aliphatic heterocycles. The second kappa shape index (κ2) is 11.4. The number of nitrogens with zero attached hydrogens (tertiary/aromatic N) is 6. The third-order valence-corrected chi connectivity index (χ3v) is 10.4. The van der Waals surface area contributed by atoms with E-state index in [1.54, 1.807) is 17.0 Å². The van der Waals surface area contributed by atoms with E-state index in [2.05, 4.69) is 10.1 Å². The highest BCUT2D eigenvalue weighted by atomic mass is 16.4. The van der Waals surface area contributed by atoms with Crippen LogP contribution in [0.25, 0.3) is 0 Å². The van der Waals surface area contributed by atoms with E-state index in [9.17, 15) is 24.4 Å². The summed E-state index contributed by atoms with van der Waals surface area (Å²) >= 11 is 0. The molecule has 4 bridgehead atoms. The van der Waals surface area contributed by atoms with Gasteiger partial charge in [-0.05, 0) is 49.7 Å². The SMILES string of the molecule is O=C(CC(CN1CC2CC(C1)c1cccc(=O)n1C2)=NO)N1CCC(C(=O)N2CC3CC(C2)c2cccc(=O)n2C3)CC1. The van der Waals surface area contributed by atoms with Crippen LogP contribution < -0.4 is 11.1 Å². The van der Waals surface area contributed by atoms with Gasteiger partial charge in [0.1, 0.15) is 0 Å². The summed E-state index contributed by atoms with van der Waals surface area (Å²) in [6.07, 6.45) is 3.38. The quantitative estimate of drug-likeness (QED) is 0.322. The van der Waals surface area contributed by atoms with E-state index >= 15 is 0 Å². The molecular weight excluding hydrogens is 548 g/mol.